The number of hydrazine groups is 1. The van der Waals surface area contributed by atoms with E-state index in [-0.39, 0.29) is 16.1 Å². The summed E-state index contributed by atoms with van der Waals surface area (Å²) in [6, 6.07) is 10.1. The first-order valence-electron chi connectivity index (χ1n) is 5.79. The van der Waals surface area contributed by atoms with Crippen molar-refractivity contribution >= 4 is 39.3 Å². The van der Waals surface area contributed by atoms with E-state index in [1.54, 1.807) is 18.2 Å². The summed E-state index contributed by atoms with van der Waals surface area (Å²) in [7, 11) is 0. The van der Waals surface area contributed by atoms with Gasteiger partial charge in [0.2, 0.25) is 0 Å². The Morgan fingerprint density at radius 1 is 1.00 bits per heavy atom. The van der Waals surface area contributed by atoms with Crippen LogP contribution in [0, 0.1) is 5.82 Å². The third-order valence-electron chi connectivity index (χ3n) is 2.58. The van der Waals surface area contributed by atoms with E-state index < -0.39 is 17.6 Å². The van der Waals surface area contributed by atoms with Crippen molar-refractivity contribution in [2.45, 2.75) is 0 Å². The smallest absolute Gasteiger partial charge is 0.267 e. The lowest BCUT2D eigenvalue weighted by Crippen LogP contribution is -2.41. The number of rotatable bonds is 2. The lowest BCUT2D eigenvalue weighted by atomic mass is 10.2. The fourth-order valence-electron chi connectivity index (χ4n) is 1.57. The van der Waals surface area contributed by atoms with E-state index in [9.17, 15) is 14.0 Å². The quantitative estimate of drug-likeness (QED) is 0.796. The summed E-state index contributed by atoms with van der Waals surface area (Å²) in [4.78, 5) is 23.7. The van der Waals surface area contributed by atoms with E-state index in [1.807, 2.05) is 0 Å². The molecule has 0 spiro atoms. The topological polar surface area (TPSA) is 58.2 Å². The molecule has 4 nitrogen and oxygen atoms in total. The number of halogens is 3. The Kier molecular flexibility index (Phi) is 4.93. The molecule has 2 rings (SSSR count). The van der Waals surface area contributed by atoms with Gasteiger partial charge in [-0.05, 0) is 46.3 Å². The highest BCUT2D eigenvalue weighted by molar-refractivity contribution is 9.10. The normalized spacial score (nSPS) is 10.0. The van der Waals surface area contributed by atoms with Gasteiger partial charge in [-0.15, -0.1) is 0 Å². The van der Waals surface area contributed by atoms with Gasteiger partial charge in [-0.1, -0.05) is 23.7 Å². The lowest BCUT2D eigenvalue weighted by molar-refractivity contribution is 0.0846. The van der Waals surface area contributed by atoms with E-state index in [4.69, 9.17) is 11.6 Å². The Balaban J connectivity index is 2.06. The molecule has 0 aliphatic rings. The van der Waals surface area contributed by atoms with Gasteiger partial charge in [0.25, 0.3) is 11.8 Å². The molecule has 0 aliphatic heterocycles. The van der Waals surface area contributed by atoms with E-state index in [1.165, 1.54) is 18.2 Å². The minimum absolute atomic E-state index is 0.0643. The average molecular weight is 372 g/mol. The number of carbonyl (C=O) groups excluding carboxylic acids is 2. The molecule has 0 saturated carbocycles. The first-order valence-corrected chi connectivity index (χ1v) is 6.96. The van der Waals surface area contributed by atoms with Crippen LogP contribution in [0.5, 0.6) is 0 Å². The molecule has 2 aromatic rings. The zero-order valence-corrected chi connectivity index (χ0v) is 12.8. The van der Waals surface area contributed by atoms with Gasteiger partial charge in [0, 0.05) is 4.47 Å². The molecular weight excluding hydrogens is 363 g/mol. The van der Waals surface area contributed by atoms with Crippen LogP contribution in [0.1, 0.15) is 20.7 Å². The zero-order valence-electron chi connectivity index (χ0n) is 10.5. The molecule has 0 aliphatic carbocycles. The van der Waals surface area contributed by atoms with Crippen LogP contribution >= 0.6 is 27.5 Å². The molecule has 0 unspecified atom stereocenters. The standard InChI is InChI=1S/C14H9BrClFN2O2/c15-11-6-5-8(17)7-10(11)14(21)19-18-13(20)9-3-1-2-4-12(9)16/h1-7H,(H,18,20)(H,19,21). The molecule has 2 amide bonds. The molecule has 0 saturated heterocycles. The second kappa shape index (κ2) is 6.69. The second-order valence-corrected chi connectivity index (χ2v) is 5.27. The van der Waals surface area contributed by atoms with Crippen molar-refractivity contribution in [3.05, 3.63) is 68.9 Å². The first kappa shape index (κ1) is 15.5. The highest BCUT2D eigenvalue weighted by atomic mass is 79.9. The summed E-state index contributed by atoms with van der Waals surface area (Å²) in [5, 5.41) is 0.260. The van der Waals surface area contributed by atoms with Gasteiger partial charge < -0.3 is 0 Å². The van der Waals surface area contributed by atoms with Crippen LogP contribution in [0.3, 0.4) is 0 Å². The third-order valence-corrected chi connectivity index (χ3v) is 3.60. The maximum atomic E-state index is 13.1. The van der Waals surface area contributed by atoms with Gasteiger partial charge >= 0.3 is 0 Å². The highest BCUT2D eigenvalue weighted by Gasteiger charge is 2.14. The number of hydrogen-bond donors (Lipinski definition) is 2. The van der Waals surface area contributed by atoms with Crippen molar-refractivity contribution in [1.82, 2.24) is 10.9 Å². The Morgan fingerprint density at radius 2 is 1.62 bits per heavy atom. The molecular formula is C14H9BrClFN2O2. The summed E-state index contributed by atoms with van der Waals surface area (Å²) in [6.07, 6.45) is 0. The van der Waals surface area contributed by atoms with Crippen molar-refractivity contribution in [3.8, 4) is 0 Å². The molecule has 0 radical (unpaired) electrons. The van der Waals surface area contributed by atoms with Gasteiger partial charge in [-0.25, -0.2) is 4.39 Å². The Bertz CT molecular complexity index is 709. The van der Waals surface area contributed by atoms with Crippen LogP contribution < -0.4 is 10.9 Å². The minimum Gasteiger partial charge on any atom is -0.267 e. The Hall–Kier alpha value is -1.92. The van der Waals surface area contributed by atoms with Crippen LogP contribution in [0.2, 0.25) is 5.02 Å². The van der Waals surface area contributed by atoms with Gasteiger partial charge in [-0.2, -0.15) is 0 Å². The number of hydrogen-bond acceptors (Lipinski definition) is 2. The monoisotopic (exact) mass is 370 g/mol. The summed E-state index contributed by atoms with van der Waals surface area (Å²) >= 11 is 9.00. The van der Waals surface area contributed by atoms with Crippen molar-refractivity contribution < 1.29 is 14.0 Å². The van der Waals surface area contributed by atoms with Crippen molar-refractivity contribution in [1.29, 1.82) is 0 Å². The maximum Gasteiger partial charge on any atom is 0.271 e. The van der Waals surface area contributed by atoms with E-state index in [2.05, 4.69) is 26.8 Å². The van der Waals surface area contributed by atoms with Gasteiger partial charge in [0.1, 0.15) is 5.82 Å². The molecule has 0 aromatic heterocycles. The van der Waals surface area contributed by atoms with Crippen LogP contribution in [0.15, 0.2) is 46.9 Å². The van der Waals surface area contributed by atoms with Crippen LogP contribution in [0.4, 0.5) is 4.39 Å². The minimum atomic E-state index is -0.651. The number of benzene rings is 2. The molecule has 0 atom stereocenters. The molecule has 2 aromatic carbocycles. The summed E-state index contributed by atoms with van der Waals surface area (Å²) < 4.78 is 13.5. The average Bonchev–Trinajstić information content (AvgIpc) is 2.47. The second-order valence-electron chi connectivity index (χ2n) is 4.01. The SMILES string of the molecule is O=C(NNC(=O)c1cc(F)ccc1Br)c1ccccc1Cl. The third kappa shape index (κ3) is 3.80. The largest absolute Gasteiger partial charge is 0.271 e. The van der Waals surface area contributed by atoms with Crippen LogP contribution in [-0.2, 0) is 0 Å². The summed E-state index contributed by atoms with van der Waals surface area (Å²) in [6.45, 7) is 0. The molecule has 108 valence electrons. The number of nitrogens with one attached hydrogen (secondary N) is 2. The molecule has 0 fully saturated rings. The lowest BCUT2D eigenvalue weighted by Gasteiger charge is -2.09. The number of amides is 2. The van der Waals surface area contributed by atoms with Crippen LogP contribution in [0.25, 0.3) is 0 Å². The van der Waals surface area contributed by atoms with E-state index in [0.29, 0.717) is 4.47 Å². The van der Waals surface area contributed by atoms with Crippen molar-refractivity contribution in [3.63, 3.8) is 0 Å². The van der Waals surface area contributed by atoms with Gasteiger partial charge in [0.05, 0.1) is 16.1 Å². The molecule has 7 heteroatoms. The predicted molar refractivity (Wildman–Crippen MR) is 80.5 cm³/mol. The predicted octanol–water partition coefficient (Wildman–Crippen LogP) is 3.32. The Labute approximate surface area is 133 Å². The van der Waals surface area contributed by atoms with Crippen molar-refractivity contribution in [2.24, 2.45) is 0 Å². The van der Waals surface area contributed by atoms with Crippen LogP contribution in [-0.4, -0.2) is 11.8 Å². The molecule has 0 heterocycles. The van der Waals surface area contributed by atoms with E-state index in [0.717, 1.165) is 6.07 Å². The fourth-order valence-corrected chi connectivity index (χ4v) is 2.21. The maximum absolute atomic E-state index is 13.1. The molecule has 2 N–H and O–H groups in total. The zero-order chi connectivity index (χ0) is 15.4. The summed E-state index contributed by atoms with van der Waals surface area (Å²) in [5.41, 5.74) is 4.70. The molecule has 21 heavy (non-hydrogen) atoms. The fraction of sp³-hybridized carbons (Fsp3) is 0. The molecule has 0 bridgehead atoms. The van der Waals surface area contributed by atoms with Crippen molar-refractivity contribution in [2.75, 3.05) is 0 Å². The van der Waals surface area contributed by atoms with E-state index >= 15 is 0 Å². The Morgan fingerprint density at radius 3 is 2.29 bits per heavy atom. The first-order chi connectivity index (χ1) is 9.99. The highest BCUT2D eigenvalue weighted by Crippen LogP contribution is 2.17. The summed E-state index contributed by atoms with van der Waals surface area (Å²) in [5.74, 6) is -1.77. The van der Waals surface area contributed by atoms with Gasteiger partial charge in [0.15, 0.2) is 0 Å². The number of carbonyl (C=O) groups is 2. The van der Waals surface area contributed by atoms with Gasteiger partial charge in [-0.3, -0.25) is 20.4 Å².